The van der Waals surface area contributed by atoms with E-state index in [-0.39, 0.29) is 12.4 Å². The maximum absolute atomic E-state index is 14.1. The minimum Gasteiger partial charge on any atom is -0.486 e. The summed E-state index contributed by atoms with van der Waals surface area (Å²) < 4.78 is 32.3. The largest absolute Gasteiger partial charge is 0.486 e. The summed E-state index contributed by atoms with van der Waals surface area (Å²) in [6, 6.07) is 17.0. The van der Waals surface area contributed by atoms with Crippen LogP contribution in [0, 0.1) is 12.7 Å². The Hall–Kier alpha value is -3.87. The van der Waals surface area contributed by atoms with Gasteiger partial charge in [0, 0.05) is 13.1 Å². The average molecular weight is 420 g/mol. The van der Waals surface area contributed by atoms with Gasteiger partial charge in [-0.1, -0.05) is 12.1 Å². The molecular formula is C24H21FN2O4. The van der Waals surface area contributed by atoms with Crippen molar-refractivity contribution in [3.63, 3.8) is 0 Å². The van der Waals surface area contributed by atoms with Gasteiger partial charge in [-0.15, -0.1) is 0 Å². The van der Waals surface area contributed by atoms with E-state index in [1.165, 1.54) is 13.2 Å². The smallest absolute Gasteiger partial charge is 0.337 e. The standard InChI is InChI=1S/C24H21FN2O4/c1-15-7-10-22(19(25)11-15)31-18-8-9-20-21(13-18)27(2)23(26-20)14-30-17-6-4-5-16(12-17)24(28)29-3/h4-13H,14H2,1-3H3. The van der Waals surface area contributed by atoms with Crippen LogP contribution in [-0.2, 0) is 18.4 Å². The number of imidazole rings is 1. The van der Waals surface area contributed by atoms with E-state index in [4.69, 9.17) is 14.2 Å². The molecule has 31 heavy (non-hydrogen) atoms. The van der Waals surface area contributed by atoms with E-state index in [2.05, 4.69) is 4.98 Å². The van der Waals surface area contributed by atoms with Gasteiger partial charge in [-0.25, -0.2) is 14.2 Å². The Morgan fingerprint density at radius 3 is 2.68 bits per heavy atom. The van der Waals surface area contributed by atoms with Crippen molar-refractivity contribution in [2.75, 3.05) is 7.11 Å². The van der Waals surface area contributed by atoms with Crippen LogP contribution in [-0.4, -0.2) is 22.6 Å². The van der Waals surface area contributed by atoms with E-state index in [1.807, 2.05) is 30.7 Å². The first-order valence-corrected chi connectivity index (χ1v) is 9.65. The third-order valence-corrected chi connectivity index (χ3v) is 4.88. The van der Waals surface area contributed by atoms with Gasteiger partial charge in [-0.3, -0.25) is 0 Å². The minimum atomic E-state index is -0.425. The van der Waals surface area contributed by atoms with E-state index in [0.29, 0.717) is 22.9 Å². The van der Waals surface area contributed by atoms with Crippen molar-refractivity contribution in [1.29, 1.82) is 0 Å². The summed E-state index contributed by atoms with van der Waals surface area (Å²) in [5, 5.41) is 0. The van der Waals surface area contributed by atoms with E-state index in [9.17, 15) is 9.18 Å². The van der Waals surface area contributed by atoms with Crippen LogP contribution in [0.15, 0.2) is 60.7 Å². The molecule has 4 rings (SSSR count). The molecular weight excluding hydrogens is 399 g/mol. The van der Waals surface area contributed by atoms with E-state index >= 15 is 0 Å². The number of aryl methyl sites for hydroxylation is 2. The van der Waals surface area contributed by atoms with Crippen LogP contribution in [0.1, 0.15) is 21.7 Å². The Bertz CT molecular complexity index is 1270. The van der Waals surface area contributed by atoms with Crippen LogP contribution in [0.5, 0.6) is 17.2 Å². The summed E-state index contributed by atoms with van der Waals surface area (Å²) in [7, 11) is 3.20. The highest BCUT2D eigenvalue weighted by molar-refractivity contribution is 5.89. The van der Waals surface area contributed by atoms with E-state index in [1.54, 1.807) is 42.5 Å². The van der Waals surface area contributed by atoms with Crippen LogP contribution in [0.2, 0.25) is 0 Å². The molecule has 0 atom stereocenters. The molecule has 0 aliphatic heterocycles. The normalized spacial score (nSPS) is 10.8. The molecule has 1 aromatic heterocycles. The maximum Gasteiger partial charge on any atom is 0.337 e. The highest BCUT2D eigenvalue weighted by Crippen LogP contribution is 2.28. The lowest BCUT2D eigenvalue weighted by Gasteiger charge is -2.09. The molecule has 0 fully saturated rings. The number of rotatable bonds is 6. The summed E-state index contributed by atoms with van der Waals surface area (Å²) in [4.78, 5) is 16.3. The number of esters is 1. The van der Waals surface area contributed by atoms with Gasteiger partial charge in [0.1, 0.15) is 23.9 Å². The number of benzene rings is 3. The average Bonchev–Trinajstić information content (AvgIpc) is 3.09. The van der Waals surface area contributed by atoms with Crippen LogP contribution in [0.4, 0.5) is 4.39 Å². The second-order valence-electron chi connectivity index (χ2n) is 7.08. The fourth-order valence-electron chi connectivity index (χ4n) is 3.21. The minimum absolute atomic E-state index is 0.168. The number of hydrogen-bond donors (Lipinski definition) is 0. The van der Waals surface area contributed by atoms with Crippen molar-refractivity contribution in [3.05, 3.63) is 83.4 Å². The van der Waals surface area contributed by atoms with Gasteiger partial charge in [0.25, 0.3) is 0 Å². The Labute approximate surface area is 178 Å². The second-order valence-corrected chi connectivity index (χ2v) is 7.08. The Kier molecular flexibility index (Phi) is 5.58. The highest BCUT2D eigenvalue weighted by atomic mass is 19.1. The number of methoxy groups -OCH3 is 1. The van der Waals surface area contributed by atoms with Gasteiger partial charge in [-0.05, 0) is 55.0 Å². The SMILES string of the molecule is COC(=O)c1cccc(OCc2nc3ccc(Oc4ccc(C)cc4F)cc3n2C)c1. The lowest BCUT2D eigenvalue weighted by molar-refractivity contribution is 0.0600. The summed E-state index contributed by atoms with van der Waals surface area (Å²) in [6.45, 7) is 2.03. The van der Waals surface area contributed by atoms with Gasteiger partial charge < -0.3 is 18.8 Å². The van der Waals surface area contributed by atoms with Gasteiger partial charge in [0.15, 0.2) is 11.6 Å². The maximum atomic E-state index is 14.1. The number of carbonyl (C=O) groups excluding carboxylic acids is 1. The number of hydrogen-bond acceptors (Lipinski definition) is 5. The van der Waals surface area contributed by atoms with Crippen LogP contribution >= 0.6 is 0 Å². The molecule has 0 aliphatic carbocycles. The molecule has 0 bridgehead atoms. The molecule has 3 aromatic carbocycles. The zero-order valence-corrected chi connectivity index (χ0v) is 17.4. The third kappa shape index (κ3) is 4.35. The van der Waals surface area contributed by atoms with Gasteiger partial charge in [0.05, 0.1) is 23.7 Å². The van der Waals surface area contributed by atoms with Gasteiger partial charge in [0.2, 0.25) is 0 Å². The van der Waals surface area contributed by atoms with Crippen molar-refractivity contribution in [1.82, 2.24) is 9.55 Å². The van der Waals surface area contributed by atoms with Crippen molar-refractivity contribution in [2.45, 2.75) is 13.5 Å². The zero-order valence-electron chi connectivity index (χ0n) is 17.4. The van der Waals surface area contributed by atoms with Crippen LogP contribution < -0.4 is 9.47 Å². The highest BCUT2D eigenvalue weighted by Gasteiger charge is 2.12. The molecule has 0 saturated carbocycles. The van der Waals surface area contributed by atoms with Crippen molar-refractivity contribution < 1.29 is 23.4 Å². The molecule has 7 heteroatoms. The van der Waals surface area contributed by atoms with Crippen LogP contribution in [0.25, 0.3) is 11.0 Å². The predicted molar refractivity (Wildman–Crippen MR) is 114 cm³/mol. The Balaban J connectivity index is 1.53. The molecule has 4 aromatic rings. The molecule has 6 nitrogen and oxygen atoms in total. The van der Waals surface area contributed by atoms with Gasteiger partial charge in [-0.2, -0.15) is 0 Å². The summed E-state index contributed by atoms with van der Waals surface area (Å²) >= 11 is 0. The van der Waals surface area contributed by atoms with E-state index < -0.39 is 11.8 Å². The molecule has 0 aliphatic rings. The quantitative estimate of drug-likeness (QED) is 0.402. The number of carbonyl (C=O) groups is 1. The zero-order chi connectivity index (χ0) is 22.0. The number of ether oxygens (including phenoxy) is 3. The molecule has 0 N–H and O–H groups in total. The molecule has 0 spiro atoms. The Morgan fingerprint density at radius 1 is 1.06 bits per heavy atom. The molecule has 0 saturated heterocycles. The molecule has 1 heterocycles. The van der Waals surface area contributed by atoms with E-state index in [0.717, 1.165) is 16.6 Å². The number of halogens is 1. The molecule has 0 unspecified atom stereocenters. The summed E-state index contributed by atoms with van der Waals surface area (Å²) in [5.74, 6) is 1.07. The molecule has 0 radical (unpaired) electrons. The molecule has 158 valence electrons. The lowest BCUT2D eigenvalue weighted by Crippen LogP contribution is -2.05. The van der Waals surface area contributed by atoms with Crippen molar-refractivity contribution in [3.8, 4) is 17.2 Å². The Morgan fingerprint density at radius 2 is 1.90 bits per heavy atom. The first kappa shape index (κ1) is 20.4. The topological polar surface area (TPSA) is 62.6 Å². The fourth-order valence-corrected chi connectivity index (χ4v) is 3.21. The number of nitrogens with zero attached hydrogens (tertiary/aromatic N) is 2. The predicted octanol–water partition coefficient (Wildman–Crippen LogP) is 5.18. The first-order chi connectivity index (χ1) is 14.9. The van der Waals surface area contributed by atoms with Gasteiger partial charge >= 0.3 is 5.97 Å². The monoisotopic (exact) mass is 420 g/mol. The fraction of sp³-hybridized carbons (Fsp3) is 0.167. The summed E-state index contributed by atoms with van der Waals surface area (Å²) in [6.07, 6.45) is 0. The second kappa shape index (κ2) is 8.47. The first-order valence-electron chi connectivity index (χ1n) is 9.65. The number of fused-ring (bicyclic) bond motifs is 1. The van der Waals surface area contributed by atoms with Crippen molar-refractivity contribution in [2.24, 2.45) is 7.05 Å². The molecule has 0 amide bonds. The van der Waals surface area contributed by atoms with Crippen molar-refractivity contribution >= 4 is 17.0 Å². The number of aromatic nitrogens is 2. The van der Waals surface area contributed by atoms with Crippen LogP contribution in [0.3, 0.4) is 0 Å². The summed E-state index contributed by atoms with van der Waals surface area (Å²) in [5.41, 5.74) is 2.83. The third-order valence-electron chi connectivity index (χ3n) is 4.88. The lowest BCUT2D eigenvalue weighted by atomic mass is 10.2.